The Kier molecular flexibility index (Phi) is 6.02. The lowest BCUT2D eigenvalue weighted by atomic mass is 10.1. The fourth-order valence-corrected chi connectivity index (χ4v) is 5.12. The molecule has 0 saturated carbocycles. The van der Waals surface area contributed by atoms with Gasteiger partial charge in [0.15, 0.2) is 0 Å². The Labute approximate surface area is 161 Å². The monoisotopic (exact) mass is 408 g/mol. The first kappa shape index (κ1) is 19.0. The lowest BCUT2D eigenvalue weighted by molar-refractivity contribution is 0.579. The summed E-state index contributed by atoms with van der Waals surface area (Å²) in [6.45, 7) is 4.23. The number of nitrogens with one attached hydrogen (secondary N) is 2. The van der Waals surface area contributed by atoms with Crippen LogP contribution in [0, 0.1) is 6.92 Å². The molecule has 0 aliphatic carbocycles. The van der Waals surface area contributed by atoms with E-state index in [1.54, 1.807) is 17.5 Å². The fraction of sp³-hybridized carbons (Fsp3) is 0.294. The van der Waals surface area contributed by atoms with E-state index in [1.165, 1.54) is 28.4 Å². The van der Waals surface area contributed by atoms with Crippen molar-refractivity contribution in [2.45, 2.75) is 30.5 Å². The number of aryl methyl sites for hydroxylation is 1. The molecule has 0 saturated heterocycles. The quantitative estimate of drug-likeness (QED) is 0.598. The van der Waals surface area contributed by atoms with E-state index in [0.717, 1.165) is 11.4 Å². The van der Waals surface area contributed by atoms with Crippen LogP contribution in [0.2, 0.25) is 0 Å². The Morgan fingerprint density at radius 2 is 1.96 bits per heavy atom. The third-order valence-electron chi connectivity index (χ3n) is 3.66. The van der Waals surface area contributed by atoms with Crippen molar-refractivity contribution in [1.82, 2.24) is 14.1 Å². The minimum absolute atomic E-state index is 0.107. The number of hydrogen-bond acceptors (Lipinski definition) is 7. The van der Waals surface area contributed by atoms with Crippen LogP contribution in [0.25, 0.3) is 0 Å². The highest BCUT2D eigenvalue weighted by atomic mass is 32.2. The standard InChI is InChI=1S/C17H20N4O2S3/c1-12-5-7-14(8-6-12)10-15-20-17(25-21-15)19-13(2)11-18-26(22,23)16-4-3-9-24-16/h3-9,13,18H,10-11H2,1-2H3,(H,19,20,21). The molecule has 1 atom stereocenters. The molecule has 9 heteroatoms. The highest BCUT2D eigenvalue weighted by Gasteiger charge is 2.16. The molecule has 2 heterocycles. The first-order valence-corrected chi connectivity index (χ1v) is 11.2. The van der Waals surface area contributed by atoms with Gasteiger partial charge >= 0.3 is 0 Å². The van der Waals surface area contributed by atoms with E-state index in [2.05, 4.69) is 50.6 Å². The third kappa shape index (κ3) is 5.10. The molecule has 0 aliphatic heterocycles. The second-order valence-electron chi connectivity index (χ2n) is 6.01. The van der Waals surface area contributed by atoms with Crippen LogP contribution in [0.4, 0.5) is 5.13 Å². The minimum atomic E-state index is -3.45. The molecule has 1 aromatic carbocycles. The van der Waals surface area contributed by atoms with E-state index in [0.29, 0.717) is 15.8 Å². The molecule has 0 amide bonds. The SMILES string of the molecule is Cc1ccc(Cc2nsc(NC(C)CNS(=O)(=O)c3cccs3)n2)cc1. The van der Waals surface area contributed by atoms with Gasteiger partial charge in [-0.3, -0.25) is 0 Å². The summed E-state index contributed by atoms with van der Waals surface area (Å²) >= 11 is 2.48. The molecule has 0 bridgehead atoms. The van der Waals surface area contributed by atoms with Crippen LogP contribution >= 0.6 is 22.9 Å². The van der Waals surface area contributed by atoms with Crippen LogP contribution in [-0.4, -0.2) is 30.4 Å². The highest BCUT2D eigenvalue weighted by Crippen LogP contribution is 2.17. The van der Waals surface area contributed by atoms with Crippen LogP contribution < -0.4 is 10.0 Å². The summed E-state index contributed by atoms with van der Waals surface area (Å²) in [4.78, 5) is 4.48. The maximum absolute atomic E-state index is 12.1. The summed E-state index contributed by atoms with van der Waals surface area (Å²) in [5, 5.41) is 5.63. The lowest BCUT2D eigenvalue weighted by Gasteiger charge is -2.13. The zero-order valence-electron chi connectivity index (χ0n) is 14.5. The Hall–Kier alpha value is -1.81. The molecule has 0 radical (unpaired) electrons. The molecule has 0 aliphatic rings. The van der Waals surface area contributed by atoms with Crippen LogP contribution in [0.3, 0.4) is 0 Å². The van der Waals surface area contributed by atoms with Gasteiger partial charge in [-0.15, -0.1) is 11.3 Å². The van der Waals surface area contributed by atoms with Crippen molar-refractivity contribution in [3.05, 3.63) is 58.7 Å². The Bertz CT molecular complexity index is 935. The number of nitrogens with zero attached hydrogens (tertiary/aromatic N) is 2. The van der Waals surface area contributed by atoms with Crippen molar-refractivity contribution >= 4 is 38.0 Å². The van der Waals surface area contributed by atoms with Crippen molar-refractivity contribution in [2.24, 2.45) is 0 Å². The van der Waals surface area contributed by atoms with E-state index < -0.39 is 10.0 Å². The second-order valence-corrected chi connectivity index (χ2v) is 9.70. The van der Waals surface area contributed by atoms with Gasteiger partial charge in [-0.1, -0.05) is 35.9 Å². The average Bonchev–Trinajstić information content (AvgIpc) is 3.28. The van der Waals surface area contributed by atoms with E-state index >= 15 is 0 Å². The molecule has 138 valence electrons. The number of sulfonamides is 1. The maximum atomic E-state index is 12.1. The number of anilines is 1. The van der Waals surface area contributed by atoms with Crippen LogP contribution in [0.15, 0.2) is 46.0 Å². The number of benzene rings is 1. The maximum Gasteiger partial charge on any atom is 0.250 e. The molecule has 26 heavy (non-hydrogen) atoms. The van der Waals surface area contributed by atoms with Crippen LogP contribution in [0.1, 0.15) is 23.9 Å². The van der Waals surface area contributed by atoms with Gasteiger partial charge < -0.3 is 5.32 Å². The zero-order valence-corrected chi connectivity index (χ0v) is 16.9. The zero-order chi connectivity index (χ0) is 18.6. The summed E-state index contributed by atoms with van der Waals surface area (Å²) in [6, 6.07) is 11.5. The first-order valence-electron chi connectivity index (χ1n) is 8.10. The summed E-state index contributed by atoms with van der Waals surface area (Å²) in [7, 11) is -3.45. The number of aromatic nitrogens is 2. The van der Waals surface area contributed by atoms with Crippen molar-refractivity contribution in [1.29, 1.82) is 0 Å². The van der Waals surface area contributed by atoms with Gasteiger partial charge in [-0.05, 0) is 30.9 Å². The Balaban J connectivity index is 1.52. The van der Waals surface area contributed by atoms with E-state index in [4.69, 9.17) is 0 Å². The van der Waals surface area contributed by atoms with Crippen molar-refractivity contribution in [3.8, 4) is 0 Å². The van der Waals surface area contributed by atoms with Crippen LogP contribution in [0.5, 0.6) is 0 Å². The lowest BCUT2D eigenvalue weighted by Crippen LogP contribution is -2.34. The molecular weight excluding hydrogens is 388 g/mol. The molecule has 6 nitrogen and oxygen atoms in total. The van der Waals surface area contributed by atoms with Crippen molar-refractivity contribution in [3.63, 3.8) is 0 Å². The number of hydrogen-bond donors (Lipinski definition) is 2. The molecule has 0 fully saturated rings. The first-order chi connectivity index (χ1) is 12.4. The van der Waals surface area contributed by atoms with Crippen LogP contribution in [-0.2, 0) is 16.4 Å². The summed E-state index contributed by atoms with van der Waals surface area (Å²) in [6.07, 6.45) is 0.678. The molecule has 0 spiro atoms. The second kappa shape index (κ2) is 8.26. The third-order valence-corrected chi connectivity index (χ3v) is 7.17. The average molecular weight is 409 g/mol. The van der Waals surface area contributed by atoms with Crippen molar-refractivity contribution in [2.75, 3.05) is 11.9 Å². The smallest absolute Gasteiger partial charge is 0.250 e. The molecule has 3 aromatic rings. The van der Waals surface area contributed by atoms with Gasteiger partial charge in [0.2, 0.25) is 15.2 Å². The van der Waals surface area contributed by atoms with E-state index in [-0.39, 0.29) is 12.6 Å². The van der Waals surface area contributed by atoms with Gasteiger partial charge in [-0.2, -0.15) is 4.37 Å². The number of thiophene rings is 1. The topological polar surface area (TPSA) is 84.0 Å². The summed E-state index contributed by atoms with van der Waals surface area (Å²) in [5.74, 6) is 0.757. The molecule has 1 unspecified atom stereocenters. The Morgan fingerprint density at radius 3 is 2.65 bits per heavy atom. The highest BCUT2D eigenvalue weighted by molar-refractivity contribution is 7.91. The Morgan fingerprint density at radius 1 is 1.19 bits per heavy atom. The fourth-order valence-electron chi connectivity index (χ4n) is 2.26. The summed E-state index contributed by atoms with van der Waals surface area (Å²) < 4.78 is 31.6. The molecule has 2 N–H and O–H groups in total. The molecule has 3 rings (SSSR count). The van der Waals surface area contributed by atoms with E-state index in [9.17, 15) is 8.42 Å². The normalized spacial score (nSPS) is 12.8. The predicted octanol–water partition coefficient (Wildman–Crippen LogP) is 3.28. The molecule has 2 aromatic heterocycles. The molecular formula is C17H20N4O2S3. The van der Waals surface area contributed by atoms with Gasteiger partial charge in [0.1, 0.15) is 10.0 Å². The van der Waals surface area contributed by atoms with Gasteiger partial charge in [0.25, 0.3) is 0 Å². The van der Waals surface area contributed by atoms with Crippen molar-refractivity contribution < 1.29 is 8.42 Å². The number of rotatable bonds is 8. The predicted molar refractivity (Wildman–Crippen MR) is 106 cm³/mol. The van der Waals surface area contributed by atoms with Gasteiger partial charge in [-0.25, -0.2) is 18.1 Å². The summed E-state index contributed by atoms with van der Waals surface area (Å²) in [5.41, 5.74) is 2.39. The van der Waals surface area contributed by atoms with Gasteiger partial charge in [0, 0.05) is 30.5 Å². The largest absolute Gasteiger partial charge is 0.357 e. The minimum Gasteiger partial charge on any atom is -0.357 e. The van der Waals surface area contributed by atoms with E-state index in [1.807, 2.05) is 6.92 Å². The van der Waals surface area contributed by atoms with Gasteiger partial charge in [0.05, 0.1) is 0 Å².